The average molecular weight is 265 g/mol. The standard InChI is InChI=1S/C9H11BF3NO2S/c1-5(2)17-8-7(10(15)16)3-6(4-14-8)9(11,12)13/h3-5,15-16H,1-2H3. The number of thioether (sulfide) groups is 1. The Hall–Kier alpha value is -0.725. The molecule has 8 heteroatoms. The highest BCUT2D eigenvalue weighted by Crippen LogP contribution is 2.29. The van der Waals surface area contributed by atoms with Crippen molar-refractivity contribution in [2.24, 2.45) is 0 Å². The molecule has 0 saturated heterocycles. The third-order valence-corrected chi connectivity index (χ3v) is 2.87. The summed E-state index contributed by atoms with van der Waals surface area (Å²) in [5.74, 6) is 0. The highest BCUT2D eigenvalue weighted by molar-refractivity contribution is 8.00. The summed E-state index contributed by atoms with van der Waals surface area (Å²) >= 11 is 1.17. The van der Waals surface area contributed by atoms with Crippen LogP contribution in [0.25, 0.3) is 0 Å². The molecule has 0 fully saturated rings. The lowest BCUT2D eigenvalue weighted by atomic mass is 9.81. The molecule has 0 aromatic carbocycles. The van der Waals surface area contributed by atoms with E-state index >= 15 is 0 Å². The molecule has 0 saturated carbocycles. The molecule has 2 N–H and O–H groups in total. The van der Waals surface area contributed by atoms with Crippen LogP contribution in [0.2, 0.25) is 0 Å². The van der Waals surface area contributed by atoms with Gasteiger partial charge in [0.25, 0.3) is 0 Å². The first-order valence-corrected chi connectivity index (χ1v) is 5.69. The third-order valence-electron chi connectivity index (χ3n) is 1.83. The number of pyridine rings is 1. The predicted molar refractivity (Wildman–Crippen MR) is 60.1 cm³/mol. The lowest BCUT2D eigenvalue weighted by Crippen LogP contribution is -2.33. The molecule has 94 valence electrons. The molecule has 0 unspecified atom stereocenters. The molecule has 1 aromatic heterocycles. The van der Waals surface area contributed by atoms with Crippen molar-refractivity contribution in [3.8, 4) is 0 Å². The van der Waals surface area contributed by atoms with Crippen LogP contribution in [0.1, 0.15) is 19.4 Å². The van der Waals surface area contributed by atoms with Gasteiger partial charge in [0.05, 0.1) is 10.6 Å². The molecule has 0 atom stereocenters. The summed E-state index contributed by atoms with van der Waals surface area (Å²) in [5, 5.41) is 18.4. The van der Waals surface area contributed by atoms with Gasteiger partial charge in [-0.15, -0.1) is 11.8 Å². The Labute approximate surface area is 101 Å². The summed E-state index contributed by atoms with van der Waals surface area (Å²) < 4.78 is 37.2. The highest BCUT2D eigenvalue weighted by atomic mass is 32.2. The number of hydrogen-bond acceptors (Lipinski definition) is 4. The van der Waals surface area contributed by atoms with Crippen LogP contribution in [0.15, 0.2) is 17.3 Å². The van der Waals surface area contributed by atoms with E-state index < -0.39 is 18.9 Å². The maximum absolute atomic E-state index is 12.4. The molecule has 1 aromatic rings. The molecule has 0 aliphatic carbocycles. The van der Waals surface area contributed by atoms with Crippen molar-refractivity contribution in [3.05, 3.63) is 17.8 Å². The molecule has 0 amide bonds. The van der Waals surface area contributed by atoms with E-state index in [0.717, 1.165) is 0 Å². The van der Waals surface area contributed by atoms with E-state index in [1.165, 1.54) is 11.8 Å². The maximum Gasteiger partial charge on any atom is 0.491 e. The molecular weight excluding hydrogens is 254 g/mol. The number of rotatable bonds is 3. The molecule has 0 aliphatic heterocycles. The Morgan fingerprint density at radius 1 is 1.35 bits per heavy atom. The largest absolute Gasteiger partial charge is 0.491 e. The van der Waals surface area contributed by atoms with Gasteiger partial charge in [-0.2, -0.15) is 13.2 Å². The van der Waals surface area contributed by atoms with Crippen LogP contribution >= 0.6 is 11.8 Å². The van der Waals surface area contributed by atoms with Gasteiger partial charge in [-0.05, 0) is 6.07 Å². The predicted octanol–water partition coefficient (Wildman–Crippen LogP) is 1.28. The van der Waals surface area contributed by atoms with Crippen LogP contribution in [-0.4, -0.2) is 27.4 Å². The second-order valence-electron chi connectivity index (χ2n) is 3.66. The molecule has 0 aliphatic rings. The van der Waals surface area contributed by atoms with Gasteiger partial charge in [0.1, 0.15) is 0 Å². The van der Waals surface area contributed by atoms with Gasteiger partial charge >= 0.3 is 13.3 Å². The van der Waals surface area contributed by atoms with E-state index in [4.69, 9.17) is 10.0 Å². The van der Waals surface area contributed by atoms with Crippen molar-refractivity contribution in [2.75, 3.05) is 0 Å². The van der Waals surface area contributed by atoms with Crippen molar-refractivity contribution in [2.45, 2.75) is 30.3 Å². The third kappa shape index (κ3) is 3.90. The van der Waals surface area contributed by atoms with Gasteiger partial charge in [-0.1, -0.05) is 13.8 Å². The number of alkyl halides is 3. The van der Waals surface area contributed by atoms with E-state index in [1.807, 2.05) is 13.8 Å². The Morgan fingerprint density at radius 2 is 1.94 bits per heavy atom. The molecule has 1 rings (SSSR count). The van der Waals surface area contributed by atoms with Crippen molar-refractivity contribution in [1.82, 2.24) is 4.98 Å². The molecule has 3 nitrogen and oxygen atoms in total. The number of hydrogen-bond donors (Lipinski definition) is 2. The first kappa shape index (κ1) is 14.3. The van der Waals surface area contributed by atoms with Crippen LogP contribution in [0.5, 0.6) is 0 Å². The fraction of sp³-hybridized carbons (Fsp3) is 0.444. The van der Waals surface area contributed by atoms with Gasteiger partial charge in [-0.25, -0.2) is 4.98 Å². The van der Waals surface area contributed by atoms with E-state index in [-0.39, 0.29) is 15.7 Å². The van der Waals surface area contributed by atoms with E-state index in [9.17, 15) is 13.2 Å². The minimum Gasteiger partial charge on any atom is -0.423 e. The molecule has 0 spiro atoms. The van der Waals surface area contributed by atoms with Gasteiger partial charge < -0.3 is 10.0 Å². The fourth-order valence-electron chi connectivity index (χ4n) is 1.13. The van der Waals surface area contributed by atoms with Crippen molar-refractivity contribution < 1.29 is 23.2 Å². The Kier molecular flexibility index (Phi) is 4.45. The van der Waals surface area contributed by atoms with Crippen molar-refractivity contribution >= 4 is 24.3 Å². The minimum atomic E-state index is -4.54. The smallest absolute Gasteiger partial charge is 0.423 e. The van der Waals surface area contributed by atoms with Crippen LogP contribution in [0.4, 0.5) is 13.2 Å². The van der Waals surface area contributed by atoms with Crippen LogP contribution < -0.4 is 5.46 Å². The SMILES string of the molecule is CC(C)Sc1ncc(C(F)(F)F)cc1B(O)O. The zero-order valence-corrected chi connectivity index (χ0v) is 10.0. The monoisotopic (exact) mass is 265 g/mol. The van der Waals surface area contributed by atoms with Crippen molar-refractivity contribution in [3.63, 3.8) is 0 Å². The highest BCUT2D eigenvalue weighted by Gasteiger charge is 2.33. The normalized spacial score (nSPS) is 12.0. The molecule has 1 heterocycles. The summed E-state index contributed by atoms with van der Waals surface area (Å²) in [7, 11) is -1.97. The Morgan fingerprint density at radius 3 is 2.35 bits per heavy atom. The van der Waals surface area contributed by atoms with Crippen LogP contribution in [0.3, 0.4) is 0 Å². The summed E-state index contributed by atoms with van der Waals surface area (Å²) in [6.07, 6.45) is -3.85. The molecule has 0 bridgehead atoms. The summed E-state index contributed by atoms with van der Waals surface area (Å²) in [4.78, 5) is 3.63. The fourth-order valence-corrected chi connectivity index (χ4v) is 1.99. The second-order valence-corrected chi connectivity index (χ2v) is 5.22. The number of halogens is 3. The lowest BCUT2D eigenvalue weighted by Gasteiger charge is -2.13. The summed E-state index contributed by atoms with van der Waals surface area (Å²) in [5.41, 5.74) is -1.22. The number of nitrogens with zero attached hydrogens (tertiary/aromatic N) is 1. The van der Waals surface area contributed by atoms with Crippen LogP contribution in [-0.2, 0) is 6.18 Å². The topological polar surface area (TPSA) is 53.4 Å². The number of aromatic nitrogens is 1. The second kappa shape index (κ2) is 5.28. The molecule has 0 radical (unpaired) electrons. The Balaban J connectivity index is 3.18. The van der Waals surface area contributed by atoms with Gasteiger partial charge in [-0.3, -0.25) is 0 Å². The molecular formula is C9H11BF3NO2S. The van der Waals surface area contributed by atoms with E-state index in [1.54, 1.807) is 0 Å². The Bertz CT molecular complexity index is 398. The van der Waals surface area contributed by atoms with Crippen molar-refractivity contribution in [1.29, 1.82) is 0 Å². The molecule has 17 heavy (non-hydrogen) atoms. The average Bonchev–Trinajstić information content (AvgIpc) is 2.15. The first-order valence-electron chi connectivity index (χ1n) is 4.81. The van der Waals surface area contributed by atoms with E-state index in [2.05, 4.69) is 4.98 Å². The zero-order chi connectivity index (χ0) is 13.2. The first-order chi connectivity index (χ1) is 7.71. The van der Waals surface area contributed by atoms with Gasteiger partial charge in [0.15, 0.2) is 0 Å². The van der Waals surface area contributed by atoms with E-state index in [0.29, 0.717) is 12.3 Å². The van der Waals surface area contributed by atoms with Crippen LogP contribution in [0, 0.1) is 0 Å². The zero-order valence-electron chi connectivity index (χ0n) is 9.19. The minimum absolute atomic E-state index is 0.0803. The lowest BCUT2D eigenvalue weighted by molar-refractivity contribution is -0.137. The van der Waals surface area contributed by atoms with Gasteiger partial charge in [0, 0.05) is 16.9 Å². The summed E-state index contributed by atoms with van der Waals surface area (Å²) in [6, 6.07) is 0.711. The van der Waals surface area contributed by atoms with Gasteiger partial charge in [0.2, 0.25) is 0 Å². The maximum atomic E-state index is 12.4. The quantitative estimate of drug-likeness (QED) is 0.638. The summed E-state index contributed by atoms with van der Waals surface area (Å²) in [6.45, 7) is 3.66.